The highest BCUT2D eigenvalue weighted by Gasteiger charge is 2.12. The third kappa shape index (κ3) is 4.94. The normalized spacial score (nSPS) is 12.0. The maximum absolute atomic E-state index is 10.7. The number of benzene rings is 2. The zero-order valence-corrected chi connectivity index (χ0v) is 14.4. The summed E-state index contributed by atoms with van der Waals surface area (Å²) in [6.07, 6.45) is 2.54. The van der Waals surface area contributed by atoms with Crippen molar-refractivity contribution in [3.05, 3.63) is 58.1 Å². The number of anilines is 1. The second-order valence-electron chi connectivity index (χ2n) is 5.39. The SMILES string of the molecule is CCC(C)Oc1c(/C=N\Nc2ccc([N+](=O)[O-])cc2)cccc1OC. The lowest BCUT2D eigenvalue weighted by Crippen LogP contribution is -2.12. The van der Waals surface area contributed by atoms with E-state index >= 15 is 0 Å². The molecular weight excluding hydrogens is 322 g/mol. The van der Waals surface area contributed by atoms with Crippen molar-refractivity contribution in [3.63, 3.8) is 0 Å². The summed E-state index contributed by atoms with van der Waals surface area (Å²) in [7, 11) is 1.59. The van der Waals surface area contributed by atoms with Crippen molar-refractivity contribution in [1.29, 1.82) is 0 Å². The maximum atomic E-state index is 10.7. The first-order valence-corrected chi connectivity index (χ1v) is 7.92. The zero-order chi connectivity index (χ0) is 18.2. The Labute approximate surface area is 146 Å². The molecule has 0 bridgehead atoms. The third-order valence-electron chi connectivity index (χ3n) is 3.60. The van der Waals surface area contributed by atoms with Gasteiger partial charge in [-0.05, 0) is 37.6 Å². The van der Waals surface area contributed by atoms with Crippen molar-refractivity contribution in [2.24, 2.45) is 5.10 Å². The number of nitrogens with zero attached hydrogens (tertiary/aromatic N) is 2. The van der Waals surface area contributed by atoms with Crippen molar-refractivity contribution >= 4 is 17.6 Å². The number of non-ortho nitro benzene ring substituents is 1. The van der Waals surface area contributed by atoms with Crippen LogP contribution >= 0.6 is 0 Å². The molecule has 1 unspecified atom stereocenters. The summed E-state index contributed by atoms with van der Waals surface area (Å²) in [6.45, 7) is 4.03. The molecule has 0 heterocycles. The van der Waals surface area contributed by atoms with Gasteiger partial charge >= 0.3 is 0 Å². The predicted molar refractivity (Wildman–Crippen MR) is 97.7 cm³/mol. The summed E-state index contributed by atoms with van der Waals surface area (Å²) < 4.78 is 11.3. The summed E-state index contributed by atoms with van der Waals surface area (Å²) in [5, 5.41) is 14.8. The van der Waals surface area contributed by atoms with Crippen LogP contribution < -0.4 is 14.9 Å². The molecule has 1 N–H and O–H groups in total. The Bertz CT molecular complexity index is 744. The number of hydrogen-bond donors (Lipinski definition) is 1. The smallest absolute Gasteiger partial charge is 0.269 e. The molecule has 7 heteroatoms. The largest absolute Gasteiger partial charge is 0.493 e. The average molecular weight is 343 g/mol. The van der Waals surface area contributed by atoms with Crippen LogP contribution in [0.3, 0.4) is 0 Å². The number of ether oxygens (including phenoxy) is 2. The molecule has 2 aromatic rings. The van der Waals surface area contributed by atoms with E-state index < -0.39 is 4.92 Å². The fourth-order valence-corrected chi connectivity index (χ4v) is 2.04. The van der Waals surface area contributed by atoms with Crippen LogP contribution in [0.2, 0.25) is 0 Å². The summed E-state index contributed by atoms with van der Waals surface area (Å²) >= 11 is 0. The monoisotopic (exact) mass is 343 g/mol. The third-order valence-corrected chi connectivity index (χ3v) is 3.60. The fraction of sp³-hybridized carbons (Fsp3) is 0.278. The summed E-state index contributed by atoms with van der Waals surface area (Å²) in [5.74, 6) is 1.27. The van der Waals surface area contributed by atoms with Crippen LogP contribution in [0.15, 0.2) is 47.6 Å². The van der Waals surface area contributed by atoms with Gasteiger partial charge in [0.1, 0.15) is 0 Å². The Hall–Kier alpha value is -3.09. The lowest BCUT2D eigenvalue weighted by Gasteiger charge is -2.17. The topological polar surface area (TPSA) is 86.0 Å². The zero-order valence-electron chi connectivity index (χ0n) is 14.4. The van der Waals surface area contributed by atoms with Crippen LogP contribution in [0.25, 0.3) is 0 Å². The molecule has 1 atom stereocenters. The van der Waals surface area contributed by atoms with Gasteiger partial charge in [0, 0.05) is 17.7 Å². The van der Waals surface area contributed by atoms with E-state index in [1.165, 1.54) is 12.1 Å². The molecule has 2 aromatic carbocycles. The van der Waals surface area contributed by atoms with Gasteiger partial charge in [0.2, 0.25) is 0 Å². The van der Waals surface area contributed by atoms with Crippen LogP contribution in [0, 0.1) is 10.1 Å². The standard InChI is InChI=1S/C18H21N3O4/c1-4-13(2)25-18-14(6-5-7-17(18)24-3)12-19-20-15-8-10-16(11-9-15)21(22)23/h5-13,20H,4H2,1-3H3/b19-12-. The van der Waals surface area contributed by atoms with E-state index in [4.69, 9.17) is 9.47 Å². The fourth-order valence-electron chi connectivity index (χ4n) is 2.04. The van der Waals surface area contributed by atoms with Crippen LogP contribution in [-0.4, -0.2) is 24.4 Å². The van der Waals surface area contributed by atoms with Crippen LogP contribution in [0.5, 0.6) is 11.5 Å². The van der Waals surface area contributed by atoms with Gasteiger partial charge in [0.05, 0.1) is 30.0 Å². The van der Waals surface area contributed by atoms with Gasteiger partial charge < -0.3 is 9.47 Å². The molecule has 0 amide bonds. The Morgan fingerprint density at radius 2 is 2.00 bits per heavy atom. The number of nitro groups is 1. The van der Waals surface area contributed by atoms with Crippen molar-refractivity contribution in [3.8, 4) is 11.5 Å². The second kappa shape index (κ2) is 8.68. The minimum absolute atomic E-state index is 0.0339. The predicted octanol–water partition coefficient (Wildman–Crippen LogP) is 4.23. The highest BCUT2D eigenvalue weighted by atomic mass is 16.6. The van der Waals surface area contributed by atoms with Crippen molar-refractivity contribution in [1.82, 2.24) is 0 Å². The summed E-state index contributed by atoms with van der Waals surface area (Å²) in [4.78, 5) is 10.2. The Balaban J connectivity index is 2.15. The van der Waals surface area contributed by atoms with Gasteiger partial charge in [-0.1, -0.05) is 13.0 Å². The number of hydrazone groups is 1. The molecule has 7 nitrogen and oxygen atoms in total. The maximum Gasteiger partial charge on any atom is 0.269 e. The van der Waals surface area contributed by atoms with E-state index in [0.717, 1.165) is 12.0 Å². The molecule has 0 aromatic heterocycles. The first-order valence-electron chi connectivity index (χ1n) is 7.92. The lowest BCUT2D eigenvalue weighted by atomic mass is 10.2. The molecule has 0 saturated carbocycles. The molecule has 0 aliphatic carbocycles. The molecule has 2 rings (SSSR count). The highest BCUT2D eigenvalue weighted by Crippen LogP contribution is 2.31. The highest BCUT2D eigenvalue weighted by molar-refractivity contribution is 5.85. The van der Waals surface area contributed by atoms with Gasteiger partial charge in [-0.2, -0.15) is 5.10 Å². The van der Waals surface area contributed by atoms with E-state index in [9.17, 15) is 10.1 Å². The number of nitro benzene ring substituents is 1. The van der Waals surface area contributed by atoms with Gasteiger partial charge in [-0.25, -0.2) is 0 Å². The van der Waals surface area contributed by atoms with Crippen LogP contribution in [0.4, 0.5) is 11.4 Å². The molecule has 0 aliphatic rings. The molecule has 0 radical (unpaired) electrons. The Morgan fingerprint density at radius 1 is 1.28 bits per heavy atom. The van der Waals surface area contributed by atoms with E-state index in [1.807, 2.05) is 32.0 Å². The van der Waals surface area contributed by atoms with E-state index in [-0.39, 0.29) is 11.8 Å². The molecule has 132 valence electrons. The Kier molecular flexibility index (Phi) is 6.33. The molecular formula is C18H21N3O4. The van der Waals surface area contributed by atoms with E-state index in [2.05, 4.69) is 10.5 Å². The molecule has 0 spiro atoms. The number of nitrogens with one attached hydrogen (secondary N) is 1. The molecule has 0 saturated heterocycles. The van der Waals surface area contributed by atoms with Crippen molar-refractivity contribution < 1.29 is 14.4 Å². The molecule has 25 heavy (non-hydrogen) atoms. The first kappa shape index (κ1) is 18.3. The lowest BCUT2D eigenvalue weighted by molar-refractivity contribution is -0.384. The number of para-hydroxylation sites is 1. The van der Waals surface area contributed by atoms with E-state index in [1.54, 1.807) is 25.5 Å². The van der Waals surface area contributed by atoms with Gasteiger partial charge in [-0.15, -0.1) is 0 Å². The first-order chi connectivity index (χ1) is 12.0. The van der Waals surface area contributed by atoms with E-state index in [0.29, 0.717) is 17.2 Å². The van der Waals surface area contributed by atoms with Crippen molar-refractivity contribution in [2.45, 2.75) is 26.4 Å². The Morgan fingerprint density at radius 3 is 2.60 bits per heavy atom. The average Bonchev–Trinajstić information content (AvgIpc) is 2.63. The van der Waals surface area contributed by atoms with Gasteiger partial charge in [0.15, 0.2) is 11.5 Å². The second-order valence-corrected chi connectivity index (χ2v) is 5.39. The summed E-state index contributed by atoms with van der Waals surface area (Å²) in [6, 6.07) is 11.6. The minimum Gasteiger partial charge on any atom is -0.493 e. The number of hydrogen-bond acceptors (Lipinski definition) is 6. The van der Waals surface area contributed by atoms with Crippen LogP contribution in [0.1, 0.15) is 25.8 Å². The number of rotatable bonds is 8. The van der Waals surface area contributed by atoms with Gasteiger partial charge in [-0.3, -0.25) is 15.5 Å². The van der Waals surface area contributed by atoms with Crippen molar-refractivity contribution in [2.75, 3.05) is 12.5 Å². The van der Waals surface area contributed by atoms with Crippen LogP contribution in [-0.2, 0) is 0 Å². The summed E-state index contributed by atoms with van der Waals surface area (Å²) in [5.41, 5.74) is 4.30. The molecule has 0 fully saturated rings. The van der Waals surface area contributed by atoms with Gasteiger partial charge in [0.25, 0.3) is 5.69 Å². The quantitative estimate of drug-likeness (QED) is 0.440. The minimum atomic E-state index is -0.443. The molecule has 0 aliphatic heterocycles. The number of methoxy groups -OCH3 is 1.